The molecule has 1 atom stereocenters. The van der Waals surface area contributed by atoms with Gasteiger partial charge in [-0.3, -0.25) is 4.79 Å². The van der Waals surface area contributed by atoms with E-state index in [1.54, 1.807) is 16.8 Å². The molecule has 0 radical (unpaired) electrons. The fourth-order valence-corrected chi connectivity index (χ4v) is 2.17. The van der Waals surface area contributed by atoms with Crippen molar-refractivity contribution in [1.29, 1.82) is 0 Å². The normalized spacial score (nSPS) is 12.2. The molecule has 0 spiro atoms. The van der Waals surface area contributed by atoms with Crippen LogP contribution in [0, 0.1) is 11.8 Å². The lowest BCUT2D eigenvalue weighted by atomic mass is 10.2. The lowest BCUT2D eigenvalue weighted by molar-refractivity contribution is 0.0911. The number of nitrogens with zero attached hydrogens (tertiary/aromatic N) is 1. The predicted molar refractivity (Wildman–Crippen MR) is 65.8 cm³/mol. The number of nitrogens with one attached hydrogen (secondary N) is 1. The number of hydrogen-bond acceptors (Lipinski definition) is 4. The summed E-state index contributed by atoms with van der Waals surface area (Å²) in [5, 5.41) is 15.6. The van der Waals surface area contributed by atoms with Crippen LogP contribution in [0.25, 0.3) is 0 Å². The minimum atomic E-state index is -1.33. The Morgan fingerprint density at radius 2 is 2.26 bits per heavy atom. The van der Waals surface area contributed by atoms with E-state index in [0.717, 1.165) is 12.3 Å². The van der Waals surface area contributed by atoms with Crippen molar-refractivity contribution < 1.29 is 18.7 Å². The van der Waals surface area contributed by atoms with Crippen molar-refractivity contribution in [1.82, 2.24) is 10.3 Å². The monoisotopic (exact) mass is 284 g/mol. The van der Waals surface area contributed by atoms with Gasteiger partial charge >= 0.3 is 0 Å². The molecule has 2 N–H and O–H groups in total. The van der Waals surface area contributed by atoms with Crippen molar-refractivity contribution in [3.8, 4) is 0 Å². The molecule has 2 rings (SSSR count). The molecule has 0 aromatic carbocycles. The maximum atomic E-state index is 13.3. The third-order valence-electron chi connectivity index (χ3n) is 2.48. The van der Waals surface area contributed by atoms with Gasteiger partial charge < -0.3 is 10.4 Å². The van der Waals surface area contributed by atoms with Crippen LogP contribution in [-0.2, 0) is 0 Å². The zero-order valence-corrected chi connectivity index (χ0v) is 10.5. The van der Waals surface area contributed by atoms with Crippen LogP contribution in [-0.4, -0.2) is 22.5 Å². The van der Waals surface area contributed by atoms with Crippen LogP contribution in [0.15, 0.2) is 29.1 Å². The molecule has 0 saturated carbocycles. The van der Waals surface area contributed by atoms with Gasteiger partial charge in [-0.15, -0.1) is 0 Å². The molecule has 19 heavy (non-hydrogen) atoms. The Labute approximate surface area is 111 Å². The van der Waals surface area contributed by atoms with Gasteiger partial charge in [0.05, 0.1) is 11.7 Å². The summed E-state index contributed by atoms with van der Waals surface area (Å²) in [6.07, 6.45) is 0.118. The first-order chi connectivity index (χ1) is 9.09. The second-order valence-corrected chi connectivity index (χ2v) is 4.53. The smallest absolute Gasteiger partial charge is 0.254 e. The molecule has 1 amide bonds. The van der Waals surface area contributed by atoms with Gasteiger partial charge in [-0.1, -0.05) is 0 Å². The van der Waals surface area contributed by atoms with Gasteiger partial charge in [0, 0.05) is 12.7 Å². The van der Waals surface area contributed by atoms with E-state index in [9.17, 15) is 18.7 Å². The zero-order chi connectivity index (χ0) is 13.8. The minimum absolute atomic E-state index is 0.0844. The second-order valence-electron chi connectivity index (χ2n) is 3.75. The highest BCUT2D eigenvalue weighted by Crippen LogP contribution is 2.15. The van der Waals surface area contributed by atoms with E-state index in [1.807, 2.05) is 0 Å². The fraction of sp³-hybridized carbons (Fsp3) is 0.167. The number of thiophene rings is 1. The number of amides is 1. The molecular weight excluding hydrogens is 274 g/mol. The van der Waals surface area contributed by atoms with E-state index < -0.39 is 29.3 Å². The zero-order valence-electron chi connectivity index (χ0n) is 9.64. The van der Waals surface area contributed by atoms with Gasteiger partial charge in [-0.25, -0.2) is 9.37 Å². The van der Waals surface area contributed by atoms with Crippen molar-refractivity contribution in [3.63, 3.8) is 0 Å². The maximum Gasteiger partial charge on any atom is 0.254 e. The molecule has 2 aromatic rings. The van der Waals surface area contributed by atoms with Crippen molar-refractivity contribution in [2.24, 2.45) is 0 Å². The number of aliphatic hydroxyl groups is 1. The summed E-state index contributed by atoms with van der Waals surface area (Å²) in [6.45, 7) is -0.0844. The maximum absolute atomic E-state index is 13.3. The van der Waals surface area contributed by atoms with Crippen molar-refractivity contribution in [2.45, 2.75) is 6.10 Å². The summed E-state index contributed by atoms with van der Waals surface area (Å²) in [4.78, 5) is 14.7. The first kappa shape index (κ1) is 13.6. The van der Waals surface area contributed by atoms with Crippen LogP contribution in [0.2, 0.25) is 0 Å². The van der Waals surface area contributed by atoms with Gasteiger partial charge in [-0.05, 0) is 28.5 Å². The van der Waals surface area contributed by atoms with Crippen LogP contribution in [0.1, 0.15) is 22.0 Å². The topological polar surface area (TPSA) is 62.2 Å². The standard InChI is InChI=1S/C12H10F2N2O2S/c13-10-8(1-3-15-11(10)14)12(18)16-5-9(17)7-2-4-19-6-7/h1-4,6,9,17H,5H2,(H,16,18). The van der Waals surface area contributed by atoms with Crippen molar-refractivity contribution >= 4 is 17.2 Å². The highest BCUT2D eigenvalue weighted by atomic mass is 32.1. The molecule has 2 aromatic heterocycles. The van der Waals surface area contributed by atoms with Gasteiger partial charge in [0.1, 0.15) is 0 Å². The number of pyridine rings is 1. The van der Waals surface area contributed by atoms with Gasteiger partial charge in [0.15, 0.2) is 5.82 Å². The summed E-state index contributed by atoms with van der Waals surface area (Å²) in [5.74, 6) is -3.43. The minimum Gasteiger partial charge on any atom is -0.387 e. The SMILES string of the molecule is O=C(NCC(O)c1ccsc1)c1ccnc(F)c1F. The Kier molecular flexibility index (Phi) is 4.18. The van der Waals surface area contributed by atoms with Crippen molar-refractivity contribution in [2.75, 3.05) is 6.54 Å². The molecule has 0 bridgehead atoms. The Bertz CT molecular complexity index is 575. The Morgan fingerprint density at radius 1 is 1.47 bits per heavy atom. The average Bonchev–Trinajstić information content (AvgIpc) is 2.93. The Balaban J connectivity index is 2.00. The van der Waals surface area contributed by atoms with Crippen LogP contribution >= 0.6 is 11.3 Å². The summed E-state index contributed by atoms with van der Waals surface area (Å²) < 4.78 is 26.1. The molecule has 100 valence electrons. The highest BCUT2D eigenvalue weighted by Gasteiger charge is 2.17. The van der Waals surface area contributed by atoms with Crippen LogP contribution in [0.5, 0.6) is 0 Å². The number of aromatic nitrogens is 1. The molecule has 7 heteroatoms. The van der Waals surface area contributed by atoms with Gasteiger partial charge in [0.25, 0.3) is 5.91 Å². The molecule has 0 aliphatic heterocycles. The average molecular weight is 284 g/mol. The molecule has 0 aliphatic rings. The number of rotatable bonds is 4. The van der Waals surface area contributed by atoms with E-state index in [4.69, 9.17) is 0 Å². The highest BCUT2D eigenvalue weighted by molar-refractivity contribution is 7.07. The Hall–Kier alpha value is -1.86. The summed E-state index contributed by atoms with van der Waals surface area (Å²) in [7, 11) is 0. The molecule has 0 saturated heterocycles. The van der Waals surface area contributed by atoms with Crippen molar-refractivity contribution in [3.05, 3.63) is 52.0 Å². The summed E-state index contributed by atoms with van der Waals surface area (Å²) >= 11 is 1.41. The number of carbonyl (C=O) groups excluding carboxylic acids is 1. The summed E-state index contributed by atoms with van der Waals surface area (Å²) in [5.41, 5.74) is 0.219. The summed E-state index contributed by atoms with van der Waals surface area (Å²) in [6, 6.07) is 2.79. The molecule has 1 unspecified atom stereocenters. The number of hydrogen-bond donors (Lipinski definition) is 2. The van der Waals surface area contributed by atoms with E-state index in [2.05, 4.69) is 10.3 Å². The lowest BCUT2D eigenvalue weighted by Crippen LogP contribution is -2.29. The van der Waals surface area contributed by atoms with Gasteiger partial charge in [-0.2, -0.15) is 15.7 Å². The first-order valence-electron chi connectivity index (χ1n) is 5.38. The van der Waals surface area contributed by atoms with E-state index in [-0.39, 0.29) is 6.54 Å². The second kappa shape index (κ2) is 5.85. The van der Waals surface area contributed by atoms with E-state index in [1.165, 1.54) is 11.3 Å². The third kappa shape index (κ3) is 3.12. The van der Waals surface area contributed by atoms with E-state index in [0.29, 0.717) is 5.56 Å². The fourth-order valence-electron chi connectivity index (χ4n) is 1.46. The molecular formula is C12H10F2N2O2S. The van der Waals surface area contributed by atoms with Crippen LogP contribution in [0.4, 0.5) is 8.78 Å². The molecule has 4 nitrogen and oxygen atoms in total. The first-order valence-corrected chi connectivity index (χ1v) is 6.32. The molecule has 0 fully saturated rings. The molecule has 2 heterocycles. The largest absolute Gasteiger partial charge is 0.387 e. The third-order valence-corrected chi connectivity index (χ3v) is 3.18. The number of carbonyl (C=O) groups is 1. The number of aliphatic hydroxyl groups excluding tert-OH is 1. The number of halogens is 2. The molecule has 0 aliphatic carbocycles. The predicted octanol–water partition coefficient (Wildman–Crippen LogP) is 1.88. The van der Waals surface area contributed by atoms with E-state index >= 15 is 0 Å². The van der Waals surface area contributed by atoms with Gasteiger partial charge in [0.2, 0.25) is 5.95 Å². The van der Waals surface area contributed by atoms with Crippen LogP contribution < -0.4 is 5.32 Å². The lowest BCUT2D eigenvalue weighted by Gasteiger charge is -2.10. The Morgan fingerprint density at radius 3 is 2.95 bits per heavy atom. The van der Waals surface area contributed by atoms with Crippen LogP contribution in [0.3, 0.4) is 0 Å². The quantitative estimate of drug-likeness (QED) is 0.843.